The van der Waals surface area contributed by atoms with Gasteiger partial charge in [-0.2, -0.15) is 0 Å². The molecule has 0 fully saturated rings. The molecule has 1 aliphatic carbocycles. The van der Waals surface area contributed by atoms with Crippen LogP contribution in [0.15, 0.2) is 78.6 Å². The monoisotopic (exact) mass is 527 g/mol. The fraction of sp³-hybridized carbons (Fsp3) is 0.394. The molecule has 1 aliphatic rings. The number of amides is 1. The average Bonchev–Trinajstić information content (AvgIpc) is 3.36. The van der Waals surface area contributed by atoms with Gasteiger partial charge < -0.3 is 19.4 Å². The highest BCUT2D eigenvalue weighted by atomic mass is 16.5. The van der Waals surface area contributed by atoms with Crippen molar-refractivity contribution in [3.63, 3.8) is 0 Å². The fourth-order valence-electron chi connectivity index (χ4n) is 5.46. The molecule has 3 unspecified atom stereocenters. The lowest BCUT2D eigenvalue weighted by Gasteiger charge is -2.34. The summed E-state index contributed by atoms with van der Waals surface area (Å²) in [6.07, 6.45) is 9.19. The quantitative estimate of drug-likeness (QED) is 0.269. The Kier molecular flexibility index (Phi) is 9.64. The molecule has 0 saturated carbocycles. The molecule has 6 heteroatoms. The molecule has 0 saturated heterocycles. The number of carbonyl (C=O) groups excluding carboxylic acids is 1. The highest BCUT2D eigenvalue weighted by Gasteiger charge is 2.34. The summed E-state index contributed by atoms with van der Waals surface area (Å²) in [6.45, 7) is 9.60. The maximum atomic E-state index is 14.3. The molecule has 206 valence electrons. The molecule has 4 rings (SSSR count). The Bertz CT molecular complexity index is 1290. The Hall–Kier alpha value is -3.80. The van der Waals surface area contributed by atoms with Crippen LogP contribution in [0, 0.1) is 11.8 Å². The molecule has 3 aromatic rings. The summed E-state index contributed by atoms with van der Waals surface area (Å²) in [4.78, 5) is 19.3. The van der Waals surface area contributed by atoms with E-state index < -0.39 is 0 Å². The van der Waals surface area contributed by atoms with Gasteiger partial charge >= 0.3 is 0 Å². The molecule has 1 aromatic heterocycles. The van der Waals surface area contributed by atoms with E-state index in [1.54, 1.807) is 7.11 Å². The van der Waals surface area contributed by atoms with Gasteiger partial charge in [-0.1, -0.05) is 69.2 Å². The lowest BCUT2D eigenvalue weighted by Crippen LogP contribution is -2.44. The summed E-state index contributed by atoms with van der Waals surface area (Å²) in [5.41, 5.74) is 3.10. The molecule has 1 heterocycles. The van der Waals surface area contributed by atoms with Gasteiger partial charge in [0.15, 0.2) is 0 Å². The van der Waals surface area contributed by atoms with Crippen LogP contribution in [0.25, 0.3) is 22.6 Å². The first-order chi connectivity index (χ1) is 19.0. The lowest BCUT2D eigenvalue weighted by atomic mass is 9.80. The largest absolute Gasteiger partial charge is 0.501 e. The molecule has 0 radical (unpaired) electrons. The van der Waals surface area contributed by atoms with Crippen molar-refractivity contribution in [2.45, 2.75) is 59.5 Å². The summed E-state index contributed by atoms with van der Waals surface area (Å²) in [6, 6.07) is 17.8. The van der Waals surface area contributed by atoms with Crippen molar-refractivity contribution in [1.29, 1.82) is 0 Å². The number of hydrogen-bond acceptors (Lipinski definition) is 4. The zero-order chi connectivity index (χ0) is 27.8. The Morgan fingerprint density at radius 2 is 1.79 bits per heavy atom. The molecule has 3 atom stereocenters. The van der Waals surface area contributed by atoms with E-state index in [1.165, 1.54) is 0 Å². The molecular formula is C33H41N3O3. The molecule has 1 N–H and O–H groups in total. The SMILES string of the molecule is CCCCC(NC(=O)c1c(-c2ccc(OCC)cc2)nc(-c2ccccc2)n1CC)C1C(OC)=CC=CC1C. The van der Waals surface area contributed by atoms with E-state index in [0.29, 0.717) is 24.5 Å². The van der Waals surface area contributed by atoms with Crippen molar-refractivity contribution in [2.24, 2.45) is 11.8 Å². The summed E-state index contributed by atoms with van der Waals surface area (Å²) >= 11 is 0. The summed E-state index contributed by atoms with van der Waals surface area (Å²) in [7, 11) is 1.71. The van der Waals surface area contributed by atoms with E-state index in [4.69, 9.17) is 14.5 Å². The second kappa shape index (κ2) is 13.3. The summed E-state index contributed by atoms with van der Waals surface area (Å²) in [5.74, 6) is 2.68. The third kappa shape index (κ3) is 6.27. The first-order valence-electron chi connectivity index (χ1n) is 14.1. The van der Waals surface area contributed by atoms with Crippen LogP contribution in [0.5, 0.6) is 5.75 Å². The van der Waals surface area contributed by atoms with Gasteiger partial charge in [0.25, 0.3) is 5.91 Å². The van der Waals surface area contributed by atoms with Crippen molar-refractivity contribution in [2.75, 3.05) is 13.7 Å². The van der Waals surface area contributed by atoms with Gasteiger partial charge in [0.05, 0.1) is 13.7 Å². The van der Waals surface area contributed by atoms with Gasteiger partial charge in [-0.3, -0.25) is 4.79 Å². The van der Waals surface area contributed by atoms with Gasteiger partial charge in [-0.25, -0.2) is 4.98 Å². The molecule has 1 amide bonds. The van der Waals surface area contributed by atoms with E-state index >= 15 is 0 Å². The molecule has 0 bridgehead atoms. The number of carbonyl (C=O) groups is 1. The number of nitrogens with one attached hydrogen (secondary N) is 1. The minimum atomic E-state index is -0.117. The first kappa shape index (κ1) is 28.2. The first-order valence-corrected chi connectivity index (χ1v) is 14.1. The zero-order valence-corrected chi connectivity index (χ0v) is 23.8. The standard InChI is InChI=1S/C33H41N3O3/c1-6-9-17-27(29-23(4)14-13-18-28(29)38-5)34-33(37)31-30(24-19-21-26(22-20-24)39-8-3)35-32(36(31)7-2)25-15-11-10-12-16-25/h10-16,18-23,27,29H,6-9,17H2,1-5H3,(H,34,37). The third-order valence-electron chi connectivity index (χ3n) is 7.39. The predicted molar refractivity (Wildman–Crippen MR) is 158 cm³/mol. The predicted octanol–water partition coefficient (Wildman–Crippen LogP) is 7.28. The van der Waals surface area contributed by atoms with Crippen molar-refractivity contribution in [3.05, 3.63) is 84.3 Å². The topological polar surface area (TPSA) is 65.4 Å². The molecule has 2 aromatic carbocycles. The molecular weight excluding hydrogens is 486 g/mol. The number of unbranched alkanes of at least 4 members (excludes halogenated alkanes) is 1. The van der Waals surface area contributed by atoms with Gasteiger partial charge in [-0.15, -0.1) is 0 Å². The lowest BCUT2D eigenvalue weighted by molar-refractivity contribution is 0.0891. The smallest absolute Gasteiger partial charge is 0.270 e. The number of rotatable bonds is 12. The Morgan fingerprint density at radius 1 is 1.05 bits per heavy atom. The fourth-order valence-corrected chi connectivity index (χ4v) is 5.46. The highest BCUT2D eigenvalue weighted by Crippen LogP contribution is 2.34. The van der Waals surface area contributed by atoms with E-state index in [-0.39, 0.29) is 23.8 Å². The Morgan fingerprint density at radius 3 is 2.44 bits per heavy atom. The minimum absolute atomic E-state index is 0.0658. The van der Waals surface area contributed by atoms with Crippen LogP contribution < -0.4 is 10.1 Å². The second-order valence-electron chi connectivity index (χ2n) is 9.97. The number of hydrogen-bond donors (Lipinski definition) is 1. The van der Waals surface area contributed by atoms with Crippen LogP contribution in [-0.2, 0) is 11.3 Å². The van der Waals surface area contributed by atoms with Gasteiger partial charge in [0, 0.05) is 29.6 Å². The molecule has 39 heavy (non-hydrogen) atoms. The van der Waals surface area contributed by atoms with Crippen LogP contribution in [0.3, 0.4) is 0 Å². The van der Waals surface area contributed by atoms with E-state index in [9.17, 15) is 4.79 Å². The number of ether oxygens (including phenoxy) is 2. The third-order valence-corrected chi connectivity index (χ3v) is 7.39. The van der Waals surface area contributed by atoms with E-state index in [0.717, 1.165) is 47.7 Å². The number of aromatic nitrogens is 2. The highest BCUT2D eigenvalue weighted by molar-refractivity contribution is 5.99. The Labute approximate surface area is 232 Å². The molecule has 0 aliphatic heterocycles. The Balaban J connectivity index is 1.79. The number of methoxy groups -OCH3 is 1. The number of allylic oxidation sites excluding steroid dienone is 3. The number of imidazole rings is 1. The van der Waals surface area contributed by atoms with Crippen molar-refractivity contribution >= 4 is 5.91 Å². The minimum Gasteiger partial charge on any atom is -0.501 e. The maximum absolute atomic E-state index is 14.3. The number of benzene rings is 2. The van der Waals surface area contributed by atoms with Crippen molar-refractivity contribution in [3.8, 4) is 28.4 Å². The van der Waals surface area contributed by atoms with Crippen LogP contribution in [0.4, 0.5) is 0 Å². The van der Waals surface area contributed by atoms with Gasteiger partial charge in [-0.05, 0) is 56.5 Å². The van der Waals surface area contributed by atoms with Crippen LogP contribution in [0.1, 0.15) is 57.4 Å². The normalized spacial score (nSPS) is 17.4. The maximum Gasteiger partial charge on any atom is 0.270 e. The van der Waals surface area contributed by atoms with Crippen LogP contribution in [-0.4, -0.2) is 35.2 Å². The molecule has 0 spiro atoms. The van der Waals surface area contributed by atoms with E-state index in [2.05, 4.69) is 32.2 Å². The van der Waals surface area contributed by atoms with Crippen molar-refractivity contribution in [1.82, 2.24) is 14.9 Å². The van der Waals surface area contributed by atoms with Crippen molar-refractivity contribution < 1.29 is 14.3 Å². The average molecular weight is 528 g/mol. The van der Waals surface area contributed by atoms with E-state index in [1.807, 2.05) is 78.2 Å². The summed E-state index contributed by atoms with van der Waals surface area (Å²) in [5, 5.41) is 3.43. The van der Waals surface area contributed by atoms with Gasteiger partial charge in [0.2, 0.25) is 0 Å². The van der Waals surface area contributed by atoms with Crippen LogP contribution >= 0.6 is 0 Å². The zero-order valence-electron chi connectivity index (χ0n) is 23.8. The molecule has 6 nitrogen and oxygen atoms in total. The number of nitrogens with zero attached hydrogens (tertiary/aromatic N) is 2. The van der Waals surface area contributed by atoms with Gasteiger partial charge in [0.1, 0.15) is 28.7 Å². The van der Waals surface area contributed by atoms with Crippen LogP contribution in [0.2, 0.25) is 0 Å². The second-order valence-corrected chi connectivity index (χ2v) is 9.97. The summed E-state index contributed by atoms with van der Waals surface area (Å²) < 4.78 is 13.5.